The van der Waals surface area contributed by atoms with Crippen LogP contribution in [0.5, 0.6) is 0 Å². The topological polar surface area (TPSA) is 74.2 Å². The molecule has 1 N–H and O–H groups in total. The molecule has 0 rings (SSSR count). The van der Waals surface area contributed by atoms with Crippen molar-refractivity contribution >= 4 is 5.97 Å². The van der Waals surface area contributed by atoms with E-state index in [1.165, 1.54) is 0 Å². The predicted octanol–water partition coefficient (Wildman–Crippen LogP) is 0.797. The maximum absolute atomic E-state index is 11.3. The highest BCUT2D eigenvalue weighted by atomic mass is 17.2. The Kier molecular flexibility index (Phi) is 8.61. The van der Waals surface area contributed by atoms with Crippen molar-refractivity contribution in [1.29, 1.82) is 0 Å². The second kappa shape index (κ2) is 9.12. The highest BCUT2D eigenvalue weighted by Gasteiger charge is 2.19. The smallest absolute Gasteiger partial charge is 0.336 e. The summed E-state index contributed by atoms with van der Waals surface area (Å²) in [5, 5.41) is 8.86. The van der Waals surface area contributed by atoms with E-state index < -0.39 is 18.4 Å². The Bertz CT molecular complexity index is 240. The molecular weight excluding hydrogens is 228 g/mol. The standard InChI is InChI=1S/C11H20O6/c1-5-14-10(7-12)17-16-9(4)8(3)11(13)15-6-2/h9-10,12H,3,5-7H2,1-2,4H3. The molecule has 2 unspecified atom stereocenters. The van der Waals surface area contributed by atoms with E-state index in [0.29, 0.717) is 6.61 Å². The van der Waals surface area contributed by atoms with Crippen LogP contribution in [-0.2, 0) is 24.0 Å². The third-order valence-corrected chi connectivity index (χ3v) is 1.84. The molecule has 0 aliphatic carbocycles. The fraction of sp³-hybridized carbons (Fsp3) is 0.727. The summed E-state index contributed by atoms with van der Waals surface area (Å²) in [6.45, 7) is 8.88. The number of rotatable bonds is 9. The SMILES string of the molecule is C=C(C(=O)OCC)C(C)OOC(CO)OCC. The molecule has 0 aliphatic heterocycles. The van der Waals surface area contributed by atoms with Gasteiger partial charge in [-0.2, -0.15) is 0 Å². The number of aliphatic hydroxyl groups is 1. The molecule has 6 heteroatoms. The van der Waals surface area contributed by atoms with E-state index in [4.69, 9.17) is 24.4 Å². The molecule has 0 fully saturated rings. The predicted molar refractivity (Wildman–Crippen MR) is 59.9 cm³/mol. The van der Waals surface area contributed by atoms with E-state index in [1.807, 2.05) is 0 Å². The van der Waals surface area contributed by atoms with Gasteiger partial charge in [-0.3, -0.25) is 0 Å². The minimum absolute atomic E-state index is 0.139. The van der Waals surface area contributed by atoms with Crippen molar-refractivity contribution in [1.82, 2.24) is 0 Å². The van der Waals surface area contributed by atoms with Gasteiger partial charge < -0.3 is 14.6 Å². The third-order valence-electron chi connectivity index (χ3n) is 1.84. The average molecular weight is 248 g/mol. The van der Waals surface area contributed by atoms with Crippen molar-refractivity contribution < 1.29 is 29.1 Å². The van der Waals surface area contributed by atoms with E-state index in [0.717, 1.165) is 0 Å². The molecule has 0 aromatic rings. The Hall–Kier alpha value is -0.950. The van der Waals surface area contributed by atoms with Crippen LogP contribution in [0.25, 0.3) is 0 Å². The van der Waals surface area contributed by atoms with E-state index >= 15 is 0 Å². The molecule has 0 saturated carbocycles. The molecule has 2 atom stereocenters. The van der Waals surface area contributed by atoms with Crippen molar-refractivity contribution in [2.45, 2.75) is 33.2 Å². The largest absolute Gasteiger partial charge is 0.463 e. The zero-order valence-electron chi connectivity index (χ0n) is 10.5. The number of aliphatic hydroxyl groups excluding tert-OH is 1. The number of carbonyl (C=O) groups is 1. The zero-order valence-corrected chi connectivity index (χ0v) is 10.5. The van der Waals surface area contributed by atoms with Gasteiger partial charge in [0.05, 0.1) is 18.8 Å². The van der Waals surface area contributed by atoms with Gasteiger partial charge in [0.15, 0.2) is 0 Å². The first-order valence-electron chi connectivity index (χ1n) is 5.47. The quantitative estimate of drug-likeness (QED) is 0.214. The van der Waals surface area contributed by atoms with Crippen LogP contribution < -0.4 is 0 Å². The van der Waals surface area contributed by atoms with Crippen LogP contribution in [0, 0.1) is 0 Å². The van der Waals surface area contributed by atoms with Crippen LogP contribution in [0.4, 0.5) is 0 Å². The van der Waals surface area contributed by atoms with Gasteiger partial charge in [-0.15, -0.1) is 0 Å². The molecule has 0 aromatic heterocycles. The molecule has 0 amide bonds. The number of hydrogen-bond acceptors (Lipinski definition) is 6. The lowest BCUT2D eigenvalue weighted by molar-refractivity contribution is -0.394. The molecule has 0 aliphatic rings. The highest BCUT2D eigenvalue weighted by molar-refractivity contribution is 5.88. The minimum Gasteiger partial charge on any atom is -0.463 e. The summed E-state index contributed by atoms with van der Waals surface area (Å²) in [4.78, 5) is 21.0. The van der Waals surface area contributed by atoms with Gasteiger partial charge in [0.25, 0.3) is 0 Å². The van der Waals surface area contributed by atoms with Crippen molar-refractivity contribution in [3.05, 3.63) is 12.2 Å². The molecule has 0 aromatic carbocycles. The molecule has 0 radical (unpaired) electrons. The maximum atomic E-state index is 11.3. The summed E-state index contributed by atoms with van der Waals surface area (Å²) in [5.74, 6) is -0.541. The normalized spacial score (nSPS) is 14.1. The van der Waals surface area contributed by atoms with Gasteiger partial charge in [0.1, 0.15) is 6.10 Å². The van der Waals surface area contributed by atoms with E-state index in [2.05, 4.69) is 6.58 Å². The van der Waals surface area contributed by atoms with Gasteiger partial charge in [-0.25, -0.2) is 14.6 Å². The van der Waals surface area contributed by atoms with Gasteiger partial charge in [-0.05, 0) is 20.8 Å². The molecule has 0 saturated heterocycles. The van der Waals surface area contributed by atoms with Crippen LogP contribution in [0.15, 0.2) is 12.2 Å². The molecule has 17 heavy (non-hydrogen) atoms. The van der Waals surface area contributed by atoms with Crippen LogP contribution in [0.3, 0.4) is 0 Å². The lowest BCUT2D eigenvalue weighted by Gasteiger charge is -2.18. The number of carbonyl (C=O) groups excluding carboxylic acids is 1. The monoisotopic (exact) mass is 248 g/mol. The average Bonchev–Trinajstić information content (AvgIpc) is 2.33. The van der Waals surface area contributed by atoms with Crippen LogP contribution in [0.2, 0.25) is 0 Å². The number of hydrogen-bond donors (Lipinski definition) is 1. The zero-order chi connectivity index (χ0) is 13.3. The van der Waals surface area contributed by atoms with Gasteiger partial charge in [-0.1, -0.05) is 6.58 Å². The molecule has 0 heterocycles. The first kappa shape index (κ1) is 16.1. The Morgan fingerprint density at radius 2 is 1.94 bits per heavy atom. The van der Waals surface area contributed by atoms with Crippen molar-refractivity contribution in [3.8, 4) is 0 Å². The second-order valence-electron chi connectivity index (χ2n) is 3.15. The van der Waals surface area contributed by atoms with Crippen molar-refractivity contribution in [2.24, 2.45) is 0 Å². The van der Waals surface area contributed by atoms with E-state index in [-0.39, 0.29) is 18.8 Å². The Labute approximate surface area is 101 Å². The van der Waals surface area contributed by atoms with Gasteiger partial charge in [0.2, 0.25) is 6.29 Å². The van der Waals surface area contributed by atoms with Crippen LogP contribution in [0.1, 0.15) is 20.8 Å². The highest BCUT2D eigenvalue weighted by Crippen LogP contribution is 2.08. The van der Waals surface area contributed by atoms with E-state index in [1.54, 1.807) is 20.8 Å². The Morgan fingerprint density at radius 3 is 2.41 bits per heavy atom. The summed E-state index contributed by atoms with van der Waals surface area (Å²) in [5.41, 5.74) is 0.139. The summed E-state index contributed by atoms with van der Waals surface area (Å²) >= 11 is 0. The molecule has 100 valence electrons. The first-order valence-corrected chi connectivity index (χ1v) is 5.47. The third kappa shape index (κ3) is 6.38. The maximum Gasteiger partial charge on any atom is 0.336 e. The summed E-state index contributed by atoms with van der Waals surface area (Å²) in [7, 11) is 0. The minimum atomic E-state index is -0.877. The fourth-order valence-electron chi connectivity index (χ4n) is 0.890. The van der Waals surface area contributed by atoms with Crippen LogP contribution >= 0.6 is 0 Å². The molecule has 0 spiro atoms. The van der Waals surface area contributed by atoms with E-state index in [9.17, 15) is 4.79 Å². The Balaban J connectivity index is 4.03. The summed E-state index contributed by atoms with van der Waals surface area (Å²) in [6.07, 6.45) is -1.55. The number of ether oxygens (including phenoxy) is 2. The van der Waals surface area contributed by atoms with Crippen LogP contribution in [-0.4, -0.2) is 43.3 Å². The van der Waals surface area contributed by atoms with Gasteiger partial charge in [0, 0.05) is 6.61 Å². The number of esters is 1. The fourth-order valence-corrected chi connectivity index (χ4v) is 0.890. The molecule has 6 nitrogen and oxygen atoms in total. The molecule has 0 bridgehead atoms. The lowest BCUT2D eigenvalue weighted by atomic mass is 10.2. The van der Waals surface area contributed by atoms with Crippen molar-refractivity contribution in [3.63, 3.8) is 0 Å². The summed E-state index contributed by atoms with van der Waals surface area (Å²) < 4.78 is 9.74. The summed E-state index contributed by atoms with van der Waals surface area (Å²) in [6, 6.07) is 0. The van der Waals surface area contributed by atoms with Gasteiger partial charge >= 0.3 is 5.97 Å². The second-order valence-corrected chi connectivity index (χ2v) is 3.15. The lowest BCUT2D eigenvalue weighted by Crippen LogP contribution is -2.26. The van der Waals surface area contributed by atoms with Crippen molar-refractivity contribution in [2.75, 3.05) is 19.8 Å². The molecular formula is C11H20O6. The first-order chi connectivity index (χ1) is 8.06. The Morgan fingerprint density at radius 1 is 1.29 bits per heavy atom.